The van der Waals surface area contributed by atoms with E-state index in [4.69, 9.17) is 11.2 Å². The van der Waals surface area contributed by atoms with Crippen molar-refractivity contribution in [2.75, 3.05) is 13.2 Å². The van der Waals surface area contributed by atoms with E-state index < -0.39 is 6.04 Å². The fraction of sp³-hybridized carbons (Fsp3) is 0.333. The van der Waals surface area contributed by atoms with Crippen LogP contribution in [0.4, 0.5) is 0 Å². The first-order chi connectivity index (χ1) is 15.1. The minimum absolute atomic E-state index is 0.201. The van der Waals surface area contributed by atoms with Crippen molar-refractivity contribution in [1.82, 2.24) is 15.2 Å². The second kappa shape index (κ2) is 9.00. The van der Waals surface area contributed by atoms with Gasteiger partial charge < -0.3 is 15.0 Å². The molecule has 4 rings (SSSR count). The van der Waals surface area contributed by atoms with Gasteiger partial charge in [-0.1, -0.05) is 18.1 Å². The van der Waals surface area contributed by atoms with Crippen LogP contribution in [0, 0.1) is 12.3 Å². The minimum Gasteiger partial charge on any atom is -0.492 e. The molecule has 7 nitrogen and oxygen atoms in total. The molecule has 1 saturated heterocycles. The van der Waals surface area contributed by atoms with Gasteiger partial charge in [-0.05, 0) is 48.6 Å². The van der Waals surface area contributed by atoms with Gasteiger partial charge in [-0.3, -0.25) is 14.4 Å². The van der Waals surface area contributed by atoms with Crippen LogP contribution in [-0.4, -0.2) is 46.7 Å². The third-order valence-corrected chi connectivity index (χ3v) is 5.62. The molecule has 1 aromatic carbocycles. The fourth-order valence-electron chi connectivity index (χ4n) is 4.02. The van der Waals surface area contributed by atoms with Gasteiger partial charge in [-0.2, -0.15) is 0 Å². The number of benzene rings is 1. The van der Waals surface area contributed by atoms with Crippen LogP contribution in [0.1, 0.15) is 46.4 Å². The van der Waals surface area contributed by atoms with Crippen LogP contribution in [0.5, 0.6) is 5.75 Å². The van der Waals surface area contributed by atoms with Crippen LogP contribution >= 0.6 is 0 Å². The minimum atomic E-state index is -1.02. The molecule has 1 atom stereocenters. The number of carbonyl (C=O) groups is 3. The predicted molar refractivity (Wildman–Crippen MR) is 113 cm³/mol. The number of hydrogen-bond donors (Lipinski definition) is 1. The maximum Gasteiger partial charge on any atom is 0.255 e. The monoisotopic (exact) mass is 417 g/mol. The van der Waals surface area contributed by atoms with E-state index in [1.54, 1.807) is 24.4 Å². The number of hydrogen-bond acceptors (Lipinski definition) is 5. The average molecular weight is 417 g/mol. The van der Waals surface area contributed by atoms with Crippen LogP contribution in [0.25, 0.3) is 0 Å². The molecule has 0 radical (unpaired) electrons. The van der Waals surface area contributed by atoms with Gasteiger partial charge in [0, 0.05) is 25.1 Å². The van der Waals surface area contributed by atoms with E-state index in [1.807, 2.05) is 12.1 Å². The molecule has 1 fully saturated rings. The van der Waals surface area contributed by atoms with E-state index in [1.165, 1.54) is 4.90 Å². The molecule has 2 aromatic rings. The van der Waals surface area contributed by atoms with Gasteiger partial charge in [0.15, 0.2) is 11.8 Å². The lowest BCUT2D eigenvalue weighted by atomic mass is 9.99. The Bertz CT molecular complexity index is 1040. The molecule has 0 bridgehead atoms. The number of ether oxygens (including phenoxy) is 1. The first-order valence-electron chi connectivity index (χ1n) is 10.4. The van der Waals surface area contributed by atoms with Crippen molar-refractivity contribution >= 4 is 17.6 Å². The Morgan fingerprint density at radius 2 is 2.06 bits per heavy atom. The van der Waals surface area contributed by atoms with Crippen molar-refractivity contribution in [2.45, 2.75) is 38.3 Å². The number of nitrogens with one attached hydrogen (secondary N) is 1. The topological polar surface area (TPSA) is 88.6 Å². The number of ketones is 1. The van der Waals surface area contributed by atoms with Crippen LogP contribution in [0.2, 0.25) is 0 Å². The Labute approximate surface area is 180 Å². The number of aromatic nitrogens is 1. The molecule has 1 N–H and O–H groups in total. The molecule has 3 heterocycles. The van der Waals surface area contributed by atoms with E-state index in [-0.39, 0.29) is 30.6 Å². The molecule has 1 unspecified atom stereocenters. The van der Waals surface area contributed by atoms with Gasteiger partial charge in [0.25, 0.3) is 11.8 Å². The summed E-state index contributed by atoms with van der Waals surface area (Å²) >= 11 is 0. The third kappa shape index (κ3) is 4.29. The second-order valence-electron chi connectivity index (χ2n) is 7.62. The Morgan fingerprint density at radius 1 is 1.19 bits per heavy atom. The average Bonchev–Trinajstić information content (AvgIpc) is 3.11. The Hall–Kier alpha value is -3.66. The fourth-order valence-corrected chi connectivity index (χ4v) is 4.02. The van der Waals surface area contributed by atoms with Crippen molar-refractivity contribution in [3.63, 3.8) is 0 Å². The van der Waals surface area contributed by atoms with Gasteiger partial charge in [-0.15, -0.1) is 6.42 Å². The van der Waals surface area contributed by atoms with Crippen molar-refractivity contribution in [2.24, 2.45) is 0 Å². The Kier molecular flexibility index (Phi) is 5.99. The van der Waals surface area contributed by atoms with Gasteiger partial charge in [0.2, 0.25) is 0 Å². The number of carbonyl (C=O) groups excluding carboxylic acids is 3. The van der Waals surface area contributed by atoms with Gasteiger partial charge in [-0.25, -0.2) is 4.98 Å². The van der Waals surface area contributed by atoms with E-state index in [9.17, 15) is 14.4 Å². The van der Waals surface area contributed by atoms with Gasteiger partial charge in [0.05, 0.1) is 12.8 Å². The number of Topliss-reactive ketones (excluding diaryl/α,β-unsaturated/α-hetero) is 1. The van der Waals surface area contributed by atoms with Crippen molar-refractivity contribution < 1.29 is 19.1 Å². The normalized spacial score (nSPS) is 17.8. The molecule has 0 saturated carbocycles. The highest BCUT2D eigenvalue weighted by molar-refractivity contribution is 6.12. The summed E-state index contributed by atoms with van der Waals surface area (Å²) in [6, 6.07) is 8.14. The quantitative estimate of drug-likeness (QED) is 0.422. The number of unbranched alkanes of at least 4 members (excludes halogenated alkanes) is 1. The number of aryl methyl sites for hydroxylation is 1. The van der Waals surface area contributed by atoms with Crippen LogP contribution in [-0.2, 0) is 22.6 Å². The first kappa shape index (κ1) is 20.6. The lowest BCUT2D eigenvalue weighted by Gasteiger charge is -2.28. The lowest BCUT2D eigenvalue weighted by Crippen LogP contribution is -2.55. The zero-order valence-electron chi connectivity index (χ0n) is 17.1. The van der Waals surface area contributed by atoms with Gasteiger partial charge in [0.1, 0.15) is 11.4 Å². The Morgan fingerprint density at radius 3 is 2.81 bits per heavy atom. The lowest BCUT2D eigenvalue weighted by molar-refractivity contribution is -0.137. The molecular weight excluding hydrogens is 394 g/mol. The summed E-state index contributed by atoms with van der Waals surface area (Å²) in [7, 11) is 0. The van der Waals surface area contributed by atoms with Crippen LogP contribution < -0.4 is 10.1 Å². The van der Waals surface area contributed by atoms with E-state index in [0.717, 1.165) is 30.4 Å². The SMILES string of the molecule is C#Cc1ccc(OCCCCc2cccc3c2CN(C2C(=O)CCNC2=O)C3=O)cn1. The highest BCUT2D eigenvalue weighted by Crippen LogP contribution is 2.29. The van der Waals surface area contributed by atoms with Crippen molar-refractivity contribution in [3.05, 3.63) is 58.9 Å². The molecule has 7 heteroatoms. The second-order valence-corrected chi connectivity index (χ2v) is 7.62. The van der Waals surface area contributed by atoms with Gasteiger partial charge >= 0.3 is 0 Å². The summed E-state index contributed by atoms with van der Waals surface area (Å²) in [5.41, 5.74) is 3.13. The van der Waals surface area contributed by atoms with E-state index >= 15 is 0 Å². The summed E-state index contributed by atoms with van der Waals surface area (Å²) in [6.45, 7) is 1.17. The summed E-state index contributed by atoms with van der Waals surface area (Å²) in [4.78, 5) is 42.9. The number of rotatable bonds is 7. The smallest absolute Gasteiger partial charge is 0.255 e. The van der Waals surface area contributed by atoms with Crippen LogP contribution in [0.15, 0.2) is 36.5 Å². The molecule has 158 valence electrons. The van der Waals surface area contributed by atoms with Crippen molar-refractivity contribution in [1.29, 1.82) is 0 Å². The zero-order valence-corrected chi connectivity index (χ0v) is 17.1. The maximum absolute atomic E-state index is 12.9. The molecule has 0 aliphatic carbocycles. The summed E-state index contributed by atoms with van der Waals surface area (Å²) in [5.74, 6) is 2.30. The standard InChI is InChI=1S/C24H23N3O4/c1-2-17-9-10-18(14-26-17)31-13-4-3-6-16-7-5-8-19-20(16)15-27(24(19)30)22-21(28)11-12-25-23(22)29/h1,5,7-10,14,22H,3-4,6,11-13,15H2,(H,25,29). The molecular formula is C24H23N3O4. The number of amides is 2. The molecule has 2 aliphatic heterocycles. The number of pyridine rings is 1. The number of nitrogens with zero attached hydrogens (tertiary/aromatic N) is 2. The molecule has 2 aliphatic rings. The summed E-state index contributed by atoms with van der Waals surface area (Å²) < 4.78 is 5.70. The number of fused-ring (bicyclic) bond motifs is 1. The third-order valence-electron chi connectivity index (χ3n) is 5.62. The predicted octanol–water partition coefficient (Wildman–Crippen LogP) is 1.88. The molecule has 0 spiro atoms. The summed E-state index contributed by atoms with van der Waals surface area (Å²) in [6.07, 6.45) is 9.66. The zero-order chi connectivity index (χ0) is 21.8. The summed E-state index contributed by atoms with van der Waals surface area (Å²) in [5, 5.41) is 2.69. The van der Waals surface area contributed by atoms with Crippen LogP contribution in [0.3, 0.4) is 0 Å². The number of piperidine rings is 1. The first-order valence-corrected chi connectivity index (χ1v) is 10.4. The Balaban J connectivity index is 1.34. The number of terminal acetylenes is 1. The van der Waals surface area contributed by atoms with Crippen molar-refractivity contribution in [3.8, 4) is 18.1 Å². The largest absolute Gasteiger partial charge is 0.492 e. The highest BCUT2D eigenvalue weighted by Gasteiger charge is 2.42. The maximum atomic E-state index is 12.9. The van der Waals surface area contributed by atoms with E-state index in [0.29, 0.717) is 30.2 Å². The molecule has 31 heavy (non-hydrogen) atoms. The molecule has 2 amide bonds. The highest BCUT2D eigenvalue weighted by atomic mass is 16.5. The molecule has 1 aromatic heterocycles. The van der Waals surface area contributed by atoms with E-state index in [2.05, 4.69) is 16.2 Å².